The molecule has 0 spiro atoms. The predicted molar refractivity (Wildman–Crippen MR) is 135 cm³/mol. The number of benzene rings is 2. The molecule has 35 heavy (non-hydrogen) atoms. The number of rotatable bonds is 8. The number of ether oxygens (including phenoxy) is 1. The molecule has 3 aromatic rings. The largest absolute Gasteiger partial charge is 0.497 e. The average molecular weight is 474 g/mol. The number of aliphatic hydroxyl groups is 1. The maximum absolute atomic E-state index is 12.9. The highest BCUT2D eigenvalue weighted by atomic mass is 16.5. The average Bonchev–Trinajstić information content (AvgIpc) is 3.23. The highest BCUT2D eigenvalue weighted by Gasteiger charge is 2.37. The molecule has 0 saturated heterocycles. The minimum atomic E-state index is -0.753. The zero-order valence-corrected chi connectivity index (χ0v) is 20.8. The monoisotopic (exact) mass is 473 g/mol. The number of imidazole rings is 1. The first kappa shape index (κ1) is 24.4. The molecule has 1 N–H and O–H groups in total. The second-order valence-electron chi connectivity index (χ2n) is 8.97. The summed E-state index contributed by atoms with van der Waals surface area (Å²) in [6.45, 7) is 7.40. The Morgan fingerprint density at radius 1 is 0.971 bits per heavy atom. The Balaban J connectivity index is 1.70. The summed E-state index contributed by atoms with van der Waals surface area (Å²) in [7, 11) is 1.60. The molecule has 2 heterocycles. The van der Waals surface area contributed by atoms with E-state index in [1.807, 2.05) is 71.8 Å². The standard InChI is InChI=1S/C28H31N3O4/c1-17-26(19(3)32)28(21-10-12-23(35-5)13-11-21)27(20(4)33)18(2)31(17)15-22(34)14-30-16-29-24-8-6-7-9-25(24)30/h6-13,16,22,28,34H,14-15H2,1-5H3. The lowest BCUT2D eigenvalue weighted by Gasteiger charge is -2.39. The molecular formula is C28H31N3O4. The first-order valence-electron chi connectivity index (χ1n) is 11.7. The zero-order chi connectivity index (χ0) is 25.3. The molecule has 0 fully saturated rings. The molecule has 0 amide bonds. The molecule has 0 saturated carbocycles. The predicted octanol–water partition coefficient (Wildman–Crippen LogP) is 4.23. The van der Waals surface area contributed by atoms with Gasteiger partial charge in [-0.15, -0.1) is 0 Å². The highest BCUT2D eigenvalue weighted by Crippen LogP contribution is 2.43. The molecule has 1 aromatic heterocycles. The van der Waals surface area contributed by atoms with Crippen LogP contribution in [0, 0.1) is 0 Å². The van der Waals surface area contributed by atoms with E-state index in [2.05, 4.69) is 4.98 Å². The number of Topliss-reactive ketones (excluding diaryl/α,β-unsaturated/α-hetero) is 2. The summed E-state index contributed by atoms with van der Waals surface area (Å²) in [6.07, 6.45) is 0.966. The Hall–Kier alpha value is -3.71. The number of hydrogen-bond acceptors (Lipinski definition) is 6. The minimum Gasteiger partial charge on any atom is -0.497 e. The second-order valence-corrected chi connectivity index (χ2v) is 8.97. The summed E-state index contributed by atoms with van der Waals surface area (Å²) >= 11 is 0. The van der Waals surface area contributed by atoms with Crippen molar-refractivity contribution in [2.45, 2.75) is 46.3 Å². The van der Waals surface area contributed by atoms with E-state index < -0.39 is 12.0 Å². The number of methoxy groups -OCH3 is 1. The number of aromatic nitrogens is 2. The van der Waals surface area contributed by atoms with E-state index in [0.717, 1.165) is 28.0 Å². The topological polar surface area (TPSA) is 84.7 Å². The number of ketones is 2. The third-order valence-electron chi connectivity index (χ3n) is 6.70. The van der Waals surface area contributed by atoms with Gasteiger partial charge >= 0.3 is 0 Å². The molecular weight excluding hydrogens is 442 g/mol. The van der Waals surface area contributed by atoms with Crippen molar-refractivity contribution in [2.75, 3.05) is 13.7 Å². The van der Waals surface area contributed by atoms with Gasteiger partial charge in [-0.1, -0.05) is 24.3 Å². The minimum absolute atomic E-state index is 0.102. The fraction of sp³-hybridized carbons (Fsp3) is 0.321. The maximum atomic E-state index is 12.9. The molecule has 0 bridgehead atoms. The van der Waals surface area contributed by atoms with Gasteiger partial charge in [0.15, 0.2) is 11.6 Å². The van der Waals surface area contributed by atoms with E-state index in [-0.39, 0.29) is 18.1 Å². The smallest absolute Gasteiger partial charge is 0.158 e. The van der Waals surface area contributed by atoms with Crippen molar-refractivity contribution in [3.05, 3.63) is 83.0 Å². The van der Waals surface area contributed by atoms with Gasteiger partial charge in [-0.25, -0.2) is 4.98 Å². The van der Waals surface area contributed by atoms with Crippen LogP contribution in [0.2, 0.25) is 0 Å². The van der Waals surface area contributed by atoms with Crippen LogP contribution < -0.4 is 4.74 Å². The first-order chi connectivity index (χ1) is 16.7. The number of aliphatic hydroxyl groups excluding tert-OH is 1. The van der Waals surface area contributed by atoms with Crippen LogP contribution in [-0.2, 0) is 16.1 Å². The van der Waals surface area contributed by atoms with Crippen LogP contribution >= 0.6 is 0 Å². The van der Waals surface area contributed by atoms with Gasteiger partial charge < -0.3 is 19.3 Å². The number of hydrogen-bond donors (Lipinski definition) is 1. The van der Waals surface area contributed by atoms with Crippen molar-refractivity contribution < 1.29 is 19.4 Å². The number of carbonyl (C=O) groups is 2. The Morgan fingerprint density at radius 2 is 1.57 bits per heavy atom. The summed E-state index contributed by atoms with van der Waals surface area (Å²) in [4.78, 5) is 32.1. The quantitative estimate of drug-likeness (QED) is 0.527. The number of nitrogens with zero attached hydrogens (tertiary/aromatic N) is 3. The van der Waals surface area contributed by atoms with E-state index in [1.54, 1.807) is 13.4 Å². The Labute approximate surface area is 205 Å². The van der Waals surface area contributed by atoms with Crippen LogP contribution in [0.15, 0.2) is 77.4 Å². The van der Waals surface area contributed by atoms with Gasteiger partial charge in [-0.2, -0.15) is 0 Å². The molecule has 7 nitrogen and oxygen atoms in total. The fourth-order valence-corrected chi connectivity index (χ4v) is 5.08. The normalized spacial score (nSPS) is 15.7. The van der Waals surface area contributed by atoms with E-state index in [0.29, 0.717) is 23.4 Å². The van der Waals surface area contributed by atoms with E-state index >= 15 is 0 Å². The highest BCUT2D eigenvalue weighted by molar-refractivity contribution is 6.03. The van der Waals surface area contributed by atoms with Gasteiger partial charge in [0.1, 0.15) is 5.75 Å². The number of β-amino-alcohol motifs (C(OH)–C–C–N with tert-alkyl or cyclic N) is 1. The number of allylic oxidation sites excluding steroid dienone is 4. The van der Waals surface area contributed by atoms with Crippen molar-refractivity contribution in [3.63, 3.8) is 0 Å². The summed E-state index contributed by atoms with van der Waals surface area (Å²) in [5.41, 5.74) is 5.27. The summed E-state index contributed by atoms with van der Waals surface area (Å²) in [6, 6.07) is 15.2. The third-order valence-corrected chi connectivity index (χ3v) is 6.70. The lowest BCUT2D eigenvalue weighted by molar-refractivity contribution is -0.114. The SMILES string of the molecule is COc1ccc(C2C(C(C)=O)=C(C)N(CC(O)Cn3cnc4ccccc43)C(C)=C2C(C)=O)cc1. The number of fused-ring (bicyclic) bond motifs is 1. The third kappa shape index (κ3) is 4.64. The molecule has 182 valence electrons. The molecule has 2 aromatic carbocycles. The van der Waals surface area contributed by atoms with Crippen LogP contribution in [0.1, 0.15) is 39.2 Å². The van der Waals surface area contributed by atoms with Crippen molar-refractivity contribution in [1.29, 1.82) is 0 Å². The molecule has 4 rings (SSSR count). The second kappa shape index (κ2) is 9.88. The van der Waals surface area contributed by atoms with Crippen LogP contribution in [0.3, 0.4) is 0 Å². The van der Waals surface area contributed by atoms with Crippen LogP contribution in [0.4, 0.5) is 0 Å². The van der Waals surface area contributed by atoms with Gasteiger partial charge in [0.2, 0.25) is 0 Å². The van der Waals surface area contributed by atoms with Gasteiger partial charge in [0.25, 0.3) is 0 Å². The lowest BCUT2D eigenvalue weighted by atomic mass is 9.77. The molecule has 1 unspecified atom stereocenters. The maximum Gasteiger partial charge on any atom is 0.158 e. The van der Waals surface area contributed by atoms with Crippen molar-refractivity contribution in [2.24, 2.45) is 0 Å². The number of para-hydroxylation sites is 2. The Bertz CT molecular complexity index is 1300. The van der Waals surface area contributed by atoms with Gasteiger partial charge in [-0.05, 0) is 57.5 Å². The molecule has 1 atom stereocenters. The van der Waals surface area contributed by atoms with E-state index in [4.69, 9.17) is 4.74 Å². The summed E-state index contributed by atoms with van der Waals surface area (Å²) in [5.74, 6) is 0.0303. The van der Waals surface area contributed by atoms with Crippen molar-refractivity contribution in [1.82, 2.24) is 14.5 Å². The zero-order valence-electron chi connectivity index (χ0n) is 20.8. The van der Waals surface area contributed by atoms with Crippen molar-refractivity contribution in [3.8, 4) is 5.75 Å². The van der Waals surface area contributed by atoms with Crippen LogP contribution in [0.5, 0.6) is 5.75 Å². The van der Waals surface area contributed by atoms with E-state index in [9.17, 15) is 14.7 Å². The Kier molecular flexibility index (Phi) is 6.89. The van der Waals surface area contributed by atoms with Crippen LogP contribution in [0.25, 0.3) is 11.0 Å². The number of carbonyl (C=O) groups excluding carboxylic acids is 2. The molecule has 1 aliphatic rings. The summed E-state index contributed by atoms with van der Waals surface area (Å²) < 4.78 is 7.19. The van der Waals surface area contributed by atoms with E-state index in [1.165, 1.54) is 13.8 Å². The molecule has 1 aliphatic heterocycles. The van der Waals surface area contributed by atoms with Crippen molar-refractivity contribution >= 4 is 22.6 Å². The van der Waals surface area contributed by atoms with Crippen LogP contribution in [-0.4, -0.2) is 50.9 Å². The van der Waals surface area contributed by atoms with Gasteiger partial charge in [0, 0.05) is 28.5 Å². The molecule has 0 aliphatic carbocycles. The Morgan fingerprint density at radius 3 is 2.14 bits per heavy atom. The van der Waals surface area contributed by atoms with Gasteiger partial charge in [0.05, 0.1) is 43.7 Å². The van der Waals surface area contributed by atoms with Gasteiger partial charge in [-0.3, -0.25) is 9.59 Å². The first-order valence-corrected chi connectivity index (χ1v) is 11.7. The molecule has 0 radical (unpaired) electrons. The summed E-state index contributed by atoms with van der Waals surface area (Å²) in [5, 5.41) is 11.0. The molecule has 7 heteroatoms. The lowest BCUT2D eigenvalue weighted by Crippen LogP contribution is -2.38. The fourth-order valence-electron chi connectivity index (χ4n) is 5.08.